The number of benzene rings is 3. The number of fused-ring (bicyclic) bond motifs is 1. The minimum atomic E-state index is -0.0649. The molecule has 5 rings (SSSR count). The summed E-state index contributed by atoms with van der Waals surface area (Å²) >= 11 is 3.29. The molecule has 0 fully saturated rings. The van der Waals surface area contributed by atoms with E-state index in [9.17, 15) is 4.79 Å². The summed E-state index contributed by atoms with van der Waals surface area (Å²) in [4.78, 5) is 19.8. The highest BCUT2D eigenvalue weighted by molar-refractivity contribution is 8.00. The van der Waals surface area contributed by atoms with Gasteiger partial charge in [0.25, 0.3) is 0 Å². The first kappa shape index (κ1) is 24.0. The molecule has 36 heavy (non-hydrogen) atoms. The topological polar surface area (TPSA) is 73.1 Å². The van der Waals surface area contributed by atoms with Crippen molar-refractivity contribution in [3.63, 3.8) is 0 Å². The highest BCUT2D eigenvalue weighted by Gasteiger charge is 2.18. The van der Waals surface area contributed by atoms with E-state index >= 15 is 0 Å². The van der Waals surface area contributed by atoms with Crippen LogP contribution >= 0.6 is 23.1 Å². The van der Waals surface area contributed by atoms with Crippen LogP contribution in [0.4, 0.5) is 5.69 Å². The van der Waals surface area contributed by atoms with Crippen LogP contribution in [0.1, 0.15) is 16.8 Å². The first-order valence-corrected chi connectivity index (χ1v) is 13.2. The number of rotatable bonds is 9. The summed E-state index contributed by atoms with van der Waals surface area (Å²) in [5.74, 6) is 1.36. The molecule has 0 atom stereocenters. The van der Waals surface area contributed by atoms with Gasteiger partial charge in [-0.15, -0.1) is 16.4 Å². The van der Waals surface area contributed by atoms with Crippen LogP contribution < -0.4 is 9.64 Å². The fourth-order valence-corrected chi connectivity index (χ4v) is 5.66. The Morgan fingerprint density at radius 2 is 1.83 bits per heavy atom. The molecule has 2 aromatic heterocycles. The molecule has 7 nitrogen and oxygen atoms in total. The third-order valence-electron chi connectivity index (χ3n) is 5.65. The molecule has 182 valence electrons. The molecule has 0 aliphatic carbocycles. The SMILES string of the molecule is COc1ccc(CN(C(=O)Cn2cc(CSc3nc4ccccc4s3)nn2)c2ccc(C)cc2)cc1. The lowest BCUT2D eigenvalue weighted by atomic mass is 10.1. The van der Waals surface area contributed by atoms with Crippen LogP contribution in [0.2, 0.25) is 0 Å². The van der Waals surface area contributed by atoms with Crippen molar-refractivity contribution in [1.82, 2.24) is 20.0 Å². The number of ether oxygens (including phenoxy) is 1. The first-order valence-electron chi connectivity index (χ1n) is 11.4. The fraction of sp³-hybridized carbons (Fsp3) is 0.185. The number of nitrogens with zero attached hydrogens (tertiary/aromatic N) is 5. The summed E-state index contributed by atoms with van der Waals surface area (Å²) in [5, 5.41) is 8.47. The maximum Gasteiger partial charge on any atom is 0.249 e. The molecule has 1 amide bonds. The van der Waals surface area contributed by atoms with Crippen molar-refractivity contribution in [3.8, 4) is 5.75 Å². The molecule has 0 aliphatic rings. The molecule has 3 aromatic carbocycles. The van der Waals surface area contributed by atoms with E-state index in [1.807, 2.05) is 79.9 Å². The van der Waals surface area contributed by atoms with Crippen molar-refractivity contribution in [2.24, 2.45) is 0 Å². The zero-order valence-electron chi connectivity index (χ0n) is 20.0. The Morgan fingerprint density at radius 3 is 2.58 bits per heavy atom. The number of hydrogen-bond acceptors (Lipinski definition) is 7. The lowest BCUT2D eigenvalue weighted by Crippen LogP contribution is -2.33. The summed E-state index contributed by atoms with van der Waals surface area (Å²) in [7, 11) is 1.64. The number of para-hydroxylation sites is 1. The second-order valence-electron chi connectivity index (χ2n) is 8.31. The normalized spacial score (nSPS) is 11.1. The van der Waals surface area contributed by atoms with E-state index in [2.05, 4.69) is 21.4 Å². The molecule has 0 radical (unpaired) electrons. The molecule has 0 spiro atoms. The number of thioether (sulfide) groups is 1. The number of aryl methyl sites for hydroxylation is 1. The molecule has 9 heteroatoms. The summed E-state index contributed by atoms with van der Waals surface area (Å²) in [5.41, 5.74) is 4.81. The van der Waals surface area contributed by atoms with E-state index in [1.165, 1.54) is 4.70 Å². The number of thiazole rings is 1. The average Bonchev–Trinajstić information content (AvgIpc) is 3.53. The zero-order chi connectivity index (χ0) is 24.9. The Morgan fingerprint density at radius 1 is 1.06 bits per heavy atom. The molecular formula is C27H25N5O2S2. The Bertz CT molecular complexity index is 1430. The van der Waals surface area contributed by atoms with Crippen molar-refractivity contribution in [2.45, 2.75) is 30.1 Å². The number of anilines is 1. The molecule has 0 saturated carbocycles. The Kier molecular flexibility index (Phi) is 7.29. The Balaban J connectivity index is 1.27. The van der Waals surface area contributed by atoms with Crippen molar-refractivity contribution >= 4 is 44.9 Å². The monoisotopic (exact) mass is 515 g/mol. The van der Waals surface area contributed by atoms with Crippen molar-refractivity contribution in [2.75, 3.05) is 12.0 Å². The van der Waals surface area contributed by atoms with Crippen LogP contribution in [0.25, 0.3) is 10.2 Å². The van der Waals surface area contributed by atoms with Gasteiger partial charge in [-0.1, -0.05) is 58.9 Å². The standard InChI is InChI=1S/C27H25N5O2S2/c1-19-7-11-22(12-8-19)32(15-20-9-13-23(34-2)14-10-20)26(33)17-31-16-21(29-30-31)18-35-27-28-24-5-3-4-6-25(24)36-27/h3-14,16H,15,17-18H2,1-2H3. The molecule has 0 aliphatic heterocycles. The number of carbonyl (C=O) groups excluding carboxylic acids is 1. The van der Waals surface area contributed by atoms with E-state index in [1.54, 1.807) is 39.8 Å². The number of methoxy groups -OCH3 is 1. The third-order valence-corrected chi connectivity index (χ3v) is 7.86. The maximum atomic E-state index is 13.4. The van der Waals surface area contributed by atoms with Gasteiger partial charge in [-0.3, -0.25) is 4.79 Å². The zero-order valence-corrected chi connectivity index (χ0v) is 21.6. The molecular weight excluding hydrogens is 490 g/mol. The van der Waals surface area contributed by atoms with E-state index < -0.39 is 0 Å². The Labute approximate surface area is 217 Å². The van der Waals surface area contributed by atoms with Gasteiger partial charge in [-0.05, 0) is 48.9 Å². The minimum absolute atomic E-state index is 0.0649. The fourth-order valence-electron chi connectivity index (χ4n) is 3.72. The van der Waals surface area contributed by atoms with Gasteiger partial charge >= 0.3 is 0 Å². The van der Waals surface area contributed by atoms with Crippen LogP contribution in [-0.4, -0.2) is 33.0 Å². The lowest BCUT2D eigenvalue weighted by molar-refractivity contribution is -0.119. The number of amides is 1. The van der Waals surface area contributed by atoms with E-state index in [0.717, 1.165) is 38.1 Å². The summed E-state index contributed by atoms with van der Waals surface area (Å²) in [6, 6.07) is 23.8. The van der Waals surface area contributed by atoms with Crippen LogP contribution in [0, 0.1) is 6.92 Å². The third kappa shape index (κ3) is 5.75. The van der Waals surface area contributed by atoms with Gasteiger partial charge in [0.15, 0.2) is 4.34 Å². The van der Waals surface area contributed by atoms with E-state index in [4.69, 9.17) is 4.74 Å². The second kappa shape index (κ2) is 10.9. The molecule has 5 aromatic rings. The van der Waals surface area contributed by atoms with Crippen LogP contribution in [0.15, 0.2) is 83.3 Å². The summed E-state index contributed by atoms with van der Waals surface area (Å²) in [6.45, 7) is 2.58. The first-order chi connectivity index (χ1) is 17.6. The average molecular weight is 516 g/mol. The Hall–Kier alpha value is -3.69. The van der Waals surface area contributed by atoms with Gasteiger partial charge in [0.1, 0.15) is 12.3 Å². The van der Waals surface area contributed by atoms with Crippen molar-refractivity contribution in [1.29, 1.82) is 0 Å². The molecule has 0 N–H and O–H groups in total. The second-order valence-corrected chi connectivity index (χ2v) is 10.6. The molecule has 0 bridgehead atoms. The lowest BCUT2D eigenvalue weighted by Gasteiger charge is -2.23. The van der Waals surface area contributed by atoms with Crippen LogP contribution in [0.3, 0.4) is 0 Å². The predicted octanol–water partition coefficient (Wildman–Crippen LogP) is 5.73. The van der Waals surface area contributed by atoms with Crippen molar-refractivity contribution < 1.29 is 9.53 Å². The smallest absolute Gasteiger partial charge is 0.249 e. The minimum Gasteiger partial charge on any atom is -0.497 e. The molecule has 0 unspecified atom stereocenters. The van der Waals surface area contributed by atoms with E-state index in [-0.39, 0.29) is 12.5 Å². The van der Waals surface area contributed by atoms with Gasteiger partial charge in [-0.2, -0.15) is 0 Å². The van der Waals surface area contributed by atoms with Gasteiger partial charge in [0, 0.05) is 17.6 Å². The largest absolute Gasteiger partial charge is 0.497 e. The van der Waals surface area contributed by atoms with Gasteiger partial charge in [-0.25, -0.2) is 9.67 Å². The van der Waals surface area contributed by atoms with Crippen LogP contribution in [-0.2, 0) is 23.6 Å². The summed E-state index contributed by atoms with van der Waals surface area (Å²) in [6.07, 6.45) is 1.83. The van der Waals surface area contributed by atoms with Gasteiger partial charge < -0.3 is 9.64 Å². The molecule has 2 heterocycles. The summed E-state index contributed by atoms with van der Waals surface area (Å²) < 4.78 is 9.02. The van der Waals surface area contributed by atoms with Gasteiger partial charge in [0.2, 0.25) is 5.91 Å². The predicted molar refractivity (Wildman–Crippen MR) is 145 cm³/mol. The highest BCUT2D eigenvalue weighted by Crippen LogP contribution is 2.31. The molecule has 0 saturated heterocycles. The number of aromatic nitrogens is 4. The number of carbonyl (C=O) groups is 1. The quantitative estimate of drug-likeness (QED) is 0.234. The maximum absolute atomic E-state index is 13.4. The van der Waals surface area contributed by atoms with E-state index in [0.29, 0.717) is 12.3 Å². The highest BCUT2D eigenvalue weighted by atomic mass is 32.2. The van der Waals surface area contributed by atoms with Crippen LogP contribution in [0.5, 0.6) is 5.75 Å². The number of hydrogen-bond donors (Lipinski definition) is 0. The van der Waals surface area contributed by atoms with Gasteiger partial charge in [0.05, 0.1) is 29.6 Å². The van der Waals surface area contributed by atoms with Crippen molar-refractivity contribution in [3.05, 3.63) is 95.8 Å².